The molecule has 1 aromatic rings. The molecule has 1 rings (SSSR count). The van der Waals surface area contributed by atoms with Gasteiger partial charge in [-0.25, -0.2) is 18.5 Å². The highest BCUT2D eigenvalue weighted by Crippen LogP contribution is 2.27. The van der Waals surface area contributed by atoms with Gasteiger partial charge in [0.05, 0.1) is 5.75 Å². The minimum Gasteiger partial charge on any atom is -0.248 e. The largest absolute Gasteiger partial charge is 0.433 e. The first-order chi connectivity index (χ1) is 7.18. The Morgan fingerprint density at radius 1 is 1.31 bits per heavy atom. The van der Waals surface area contributed by atoms with E-state index < -0.39 is 27.6 Å². The van der Waals surface area contributed by atoms with E-state index in [4.69, 9.17) is 5.14 Å². The summed E-state index contributed by atoms with van der Waals surface area (Å²) < 4.78 is 57.9. The van der Waals surface area contributed by atoms with Gasteiger partial charge in [0.1, 0.15) is 5.69 Å². The predicted octanol–water partition coefficient (Wildman–Crippen LogP) is 0.931. The molecular weight excluding hydrogens is 245 g/mol. The lowest BCUT2D eigenvalue weighted by Crippen LogP contribution is -2.19. The summed E-state index contributed by atoms with van der Waals surface area (Å²) in [6.45, 7) is 0. The van der Waals surface area contributed by atoms with Crippen LogP contribution in [0.25, 0.3) is 0 Å². The highest BCUT2D eigenvalue weighted by Gasteiger charge is 2.32. The molecule has 0 unspecified atom stereocenters. The van der Waals surface area contributed by atoms with Crippen LogP contribution in [0.2, 0.25) is 0 Å². The molecule has 0 aliphatic carbocycles. The highest BCUT2D eigenvalue weighted by molar-refractivity contribution is 7.89. The summed E-state index contributed by atoms with van der Waals surface area (Å²) in [5, 5.41) is 4.73. The smallest absolute Gasteiger partial charge is 0.248 e. The Morgan fingerprint density at radius 2 is 1.94 bits per heavy atom. The summed E-state index contributed by atoms with van der Waals surface area (Å²) in [5.41, 5.74) is -0.997. The first-order valence-electron chi connectivity index (χ1n) is 4.22. The van der Waals surface area contributed by atoms with E-state index in [1.807, 2.05) is 0 Å². The molecule has 0 spiro atoms. The lowest BCUT2D eigenvalue weighted by Gasteiger charge is -2.07. The summed E-state index contributed by atoms with van der Waals surface area (Å²) in [6.07, 6.45) is -4.67. The van der Waals surface area contributed by atoms with Crippen molar-refractivity contribution in [2.45, 2.75) is 12.6 Å². The van der Waals surface area contributed by atoms with Crippen molar-refractivity contribution in [2.24, 2.45) is 5.14 Å². The summed E-state index contributed by atoms with van der Waals surface area (Å²) in [6, 6.07) is 3.31. The van der Waals surface area contributed by atoms with Crippen molar-refractivity contribution in [3.05, 3.63) is 29.6 Å². The van der Waals surface area contributed by atoms with Crippen LogP contribution in [0.5, 0.6) is 0 Å². The van der Waals surface area contributed by atoms with Gasteiger partial charge in [-0.15, -0.1) is 0 Å². The maximum Gasteiger partial charge on any atom is 0.433 e. The molecule has 0 saturated heterocycles. The molecule has 0 aliphatic heterocycles. The normalized spacial score (nSPS) is 12.8. The monoisotopic (exact) mass is 254 g/mol. The maximum absolute atomic E-state index is 12.2. The Bertz CT molecular complexity index is 470. The minimum atomic E-state index is -4.53. The van der Waals surface area contributed by atoms with Crippen molar-refractivity contribution in [1.29, 1.82) is 0 Å². The molecule has 0 aliphatic rings. The Hall–Kier alpha value is -1.15. The van der Waals surface area contributed by atoms with Gasteiger partial charge in [-0.1, -0.05) is 6.07 Å². The zero-order chi connectivity index (χ0) is 12.4. The lowest BCUT2D eigenvalue weighted by atomic mass is 10.2. The van der Waals surface area contributed by atoms with E-state index in [9.17, 15) is 21.6 Å². The van der Waals surface area contributed by atoms with E-state index in [1.54, 1.807) is 0 Å². The van der Waals surface area contributed by atoms with Crippen LogP contribution in [0.1, 0.15) is 11.4 Å². The first kappa shape index (κ1) is 12.9. The summed E-state index contributed by atoms with van der Waals surface area (Å²) >= 11 is 0. The number of primary sulfonamides is 1. The number of pyridine rings is 1. The molecule has 0 radical (unpaired) electrons. The number of aromatic nitrogens is 1. The van der Waals surface area contributed by atoms with Gasteiger partial charge >= 0.3 is 6.18 Å². The van der Waals surface area contributed by atoms with E-state index in [0.29, 0.717) is 0 Å². The minimum absolute atomic E-state index is 0.0452. The maximum atomic E-state index is 12.2. The zero-order valence-corrected chi connectivity index (χ0v) is 8.85. The molecule has 16 heavy (non-hydrogen) atoms. The number of rotatable bonds is 3. The average molecular weight is 254 g/mol. The predicted molar refractivity (Wildman–Crippen MR) is 50.9 cm³/mol. The van der Waals surface area contributed by atoms with Crippen molar-refractivity contribution in [2.75, 3.05) is 5.75 Å². The first-order valence-corrected chi connectivity index (χ1v) is 5.93. The van der Waals surface area contributed by atoms with Gasteiger partial charge in [0.25, 0.3) is 0 Å². The molecule has 0 fully saturated rings. The fraction of sp³-hybridized carbons (Fsp3) is 0.375. The lowest BCUT2D eigenvalue weighted by molar-refractivity contribution is -0.141. The molecule has 0 saturated carbocycles. The number of hydrogen-bond donors (Lipinski definition) is 1. The van der Waals surface area contributed by atoms with Crippen LogP contribution in [-0.4, -0.2) is 19.2 Å². The van der Waals surface area contributed by atoms with E-state index in [-0.39, 0.29) is 12.1 Å². The molecular formula is C8H9F3N2O2S. The zero-order valence-electron chi connectivity index (χ0n) is 8.03. The topological polar surface area (TPSA) is 73.1 Å². The second-order valence-corrected chi connectivity index (χ2v) is 4.86. The molecule has 4 nitrogen and oxygen atoms in total. The quantitative estimate of drug-likeness (QED) is 0.872. The van der Waals surface area contributed by atoms with Crippen LogP contribution in [0.3, 0.4) is 0 Å². The Morgan fingerprint density at radius 3 is 2.44 bits per heavy atom. The third kappa shape index (κ3) is 4.15. The number of halogens is 3. The molecule has 0 aromatic carbocycles. The fourth-order valence-electron chi connectivity index (χ4n) is 1.02. The van der Waals surface area contributed by atoms with Crippen molar-refractivity contribution in [1.82, 2.24) is 4.98 Å². The number of alkyl halides is 3. The summed E-state index contributed by atoms with van der Waals surface area (Å²) in [7, 11) is -3.69. The van der Waals surface area contributed by atoms with Gasteiger partial charge < -0.3 is 0 Å². The van der Waals surface area contributed by atoms with Crippen LogP contribution in [0.4, 0.5) is 13.2 Å². The van der Waals surface area contributed by atoms with Crippen LogP contribution in [0, 0.1) is 0 Å². The summed E-state index contributed by atoms with van der Waals surface area (Å²) in [4.78, 5) is 3.30. The molecule has 90 valence electrons. The van der Waals surface area contributed by atoms with Crippen molar-refractivity contribution in [3.63, 3.8) is 0 Å². The van der Waals surface area contributed by atoms with Gasteiger partial charge in [-0.3, -0.25) is 0 Å². The van der Waals surface area contributed by atoms with Gasteiger partial charge in [0.2, 0.25) is 10.0 Å². The second-order valence-electron chi connectivity index (χ2n) is 3.13. The SMILES string of the molecule is NS(=O)(=O)CCc1cccc(C(F)(F)F)n1. The Labute approximate surface area is 90.3 Å². The van der Waals surface area contributed by atoms with E-state index in [1.165, 1.54) is 12.1 Å². The molecule has 8 heteroatoms. The van der Waals surface area contributed by atoms with Crippen LogP contribution >= 0.6 is 0 Å². The standard InChI is InChI=1S/C8H9F3N2O2S/c9-8(10,11)7-3-1-2-6(13-7)4-5-16(12,14)15/h1-3H,4-5H2,(H2,12,14,15). The number of nitrogens with zero attached hydrogens (tertiary/aromatic N) is 1. The van der Waals surface area contributed by atoms with Crippen molar-refractivity contribution >= 4 is 10.0 Å². The van der Waals surface area contributed by atoms with Crippen molar-refractivity contribution < 1.29 is 21.6 Å². The van der Waals surface area contributed by atoms with Gasteiger partial charge in [0, 0.05) is 12.1 Å². The highest BCUT2D eigenvalue weighted by atomic mass is 32.2. The summed E-state index contributed by atoms with van der Waals surface area (Å²) in [5.74, 6) is -0.429. The van der Waals surface area contributed by atoms with E-state index >= 15 is 0 Å². The third-order valence-electron chi connectivity index (χ3n) is 1.74. The Kier molecular flexibility index (Phi) is 3.54. The van der Waals surface area contributed by atoms with Crippen LogP contribution in [0.15, 0.2) is 18.2 Å². The number of sulfonamides is 1. The van der Waals surface area contributed by atoms with Crippen LogP contribution in [-0.2, 0) is 22.6 Å². The van der Waals surface area contributed by atoms with Crippen molar-refractivity contribution in [3.8, 4) is 0 Å². The van der Waals surface area contributed by atoms with Gasteiger partial charge in [-0.2, -0.15) is 13.2 Å². The van der Waals surface area contributed by atoms with Crippen LogP contribution < -0.4 is 5.14 Å². The molecule has 1 aromatic heterocycles. The molecule has 0 atom stereocenters. The molecule has 1 heterocycles. The Balaban J connectivity index is 2.84. The molecule has 0 bridgehead atoms. The second kappa shape index (κ2) is 4.38. The average Bonchev–Trinajstić information content (AvgIpc) is 2.13. The van der Waals surface area contributed by atoms with E-state index in [2.05, 4.69) is 4.98 Å². The van der Waals surface area contributed by atoms with Gasteiger partial charge in [0.15, 0.2) is 0 Å². The molecule has 2 N–H and O–H groups in total. The number of nitrogens with two attached hydrogens (primary N) is 1. The third-order valence-corrected chi connectivity index (χ3v) is 2.51. The van der Waals surface area contributed by atoms with Gasteiger partial charge in [-0.05, 0) is 12.1 Å². The number of hydrogen-bond acceptors (Lipinski definition) is 3. The molecule has 0 amide bonds. The number of aryl methyl sites for hydroxylation is 1. The fourth-order valence-corrected chi connectivity index (χ4v) is 1.52. The van der Waals surface area contributed by atoms with E-state index in [0.717, 1.165) is 6.07 Å².